The first kappa shape index (κ1) is 13.7. The number of nitrogens with one attached hydrogen (secondary N) is 2. The maximum Gasteiger partial charge on any atom is 0.394 e. The van der Waals surface area contributed by atoms with Crippen LogP contribution in [0.2, 0.25) is 0 Å². The number of rotatable bonds is 0. The van der Waals surface area contributed by atoms with Gasteiger partial charge in [-0.3, -0.25) is 19.2 Å². The smallest absolute Gasteiger partial charge is 0.321 e. The third-order valence-corrected chi connectivity index (χ3v) is 1.22. The summed E-state index contributed by atoms with van der Waals surface area (Å²) in [5.74, 6) is -0.545. The van der Waals surface area contributed by atoms with Crippen LogP contribution in [0.15, 0.2) is 0 Å². The highest BCUT2D eigenvalue weighted by Gasteiger charge is 2.29. The Bertz CT molecular complexity index is 344. The van der Waals surface area contributed by atoms with E-state index in [0.29, 0.717) is 0 Å². The van der Waals surface area contributed by atoms with Gasteiger partial charge in [-0.2, -0.15) is 8.42 Å². The molecular weight excluding hydrogens is 232 g/mol. The molecule has 0 spiro atoms. The summed E-state index contributed by atoms with van der Waals surface area (Å²) < 4.78 is 31.6. The molecule has 3 amide bonds. The molecule has 11 heteroatoms. The SMILES string of the molecule is NC1NC(=O)NC(=O)C1N.O=S(=O)(O)O. The van der Waals surface area contributed by atoms with Crippen molar-refractivity contribution < 1.29 is 27.1 Å². The maximum absolute atomic E-state index is 10.6. The fourth-order valence-electron chi connectivity index (χ4n) is 0.636. The van der Waals surface area contributed by atoms with E-state index in [1.165, 1.54) is 0 Å². The van der Waals surface area contributed by atoms with E-state index in [2.05, 4.69) is 5.32 Å². The number of nitrogens with two attached hydrogens (primary N) is 2. The Hall–Kier alpha value is -1.27. The molecular formula is C4H10N4O6S. The minimum atomic E-state index is -4.67. The van der Waals surface area contributed by atoms with Crippen LogP contribution in [-0.2, 0) is 15.2 Å². The quantitative estimate of drug-likeness (QED) is 0.239. The van der Waals surface area contributed by atoms with Crippen LogP contribution in [0, 0.1) is 0 Å². The van der Waals surface area contributed by atoms with Gasteiger partial charge in [0.2, 0.25) is 5.91 Å². The highest BCUT2D eigenvalue weighted by molar-refractivity contribution is 7.79. The molecule has 1 saturated heterocycles. The summed E-state index contributed by atoms with van der Waals surface area (Å²) in [5, 5.41) is 4.21. The molecule has 0 aromatic heterocycles. The number of imide groups is 1. The van der Waals surface area contributed by atoms with Gasteiger partial charge in [0.15, 0.2) is 0 Å². The van der Waals surface area contributed by atoms with Crippen LogP contribution in [0.1, 0.15) is 0 Å². The molecule has 0 aromatic rings. The average Bonchev–Trinajstić information content (AvgIpc) is 1.96. The van der Waals surface area contributed by atoms with Gasteiger partial charge in [0.25, 0.3) is 0 Å². The zero-order valence-corrected chi connectivity index (χ0v) is 8.06. The summed E-state index contributed by atoms with van der Waals surface area (Å²) in [5.41, 5.74) is 10.5. The van der Waals surface area contributed by atoms with Gasteiger partial charge in [0.1, 0.15) is 12.2 Å². The van der Waals surface area contributed by atoms with Crippen molar-refractivity contribution >= 4 is 22.3 Å². The lowest BCUT2D eigenvalue weighted by molar-refractivity contribution is -0.122. The Morgan fingerprint density at radius 2 is 1.60 bits per heavy atom. The Balaban J connectivity index is 0.000000336. The van der Waals surface area contributed by atoms with Crippen LogP contribution in [0.25, 0.3) is 0 Å². The van der Waals surface area contributed by atoms with E-state index in [-0.39, 0.29) is 0 Å². The third-order valence-electron chi connectivity index (χ3n) is 1.22. The molecule has 0 saturated carbocycles. The van der Waals surface area contributed by atoms with Gasteiger partial charge < -0.3 is 16.8 Å². The maximum atomic E-state index is 10.6. The zero-order valence-electron chi connectivity index (χ0n) is 7.25. The molecule has 8 N–H and O–H groups in total. The van der Waals surface area contributed by atoms with Crippen LogP contribution in [0.4, 0.5) is 4.79 Å². The molecule has 10 nitrogen and oxygen atoms in total. The summed E-state index contributed by atoms with van der Waals surface area (Å²) in [7, 11) is -4.67. The monoisotopic (exact) mass is 242 g/mol. The zero-order chi connectivity index (χ0) is 12.2. The normalized spacial score (nSPS) is 25.9. The minimum Gasteiger partial charge on any atom is -0.321 e. The standard InChI is InChI=1S/C4H8N4O2.H2O4S/c5-1-2(6)7-4(10)8-3(1)9;1-5(2,3)4/h1-2H,5-6H2,(H2,7,8,9,10);(H2,1,2,3,4). The van der Waals surface area contributed by atoms with E-state index in [4.69, 9.17) is 29.0 Å². The molecule has 2 atom stereocenters. The Labute approximate surface area is 84.6 Å². The molecule has 2 unspecified atom stereocenters. The van der Waals surface area contributed by atoms with Crippen molar-refractivity contribution in [1.29, 1.82) is 0 Å². The Morgan fingerprint density at radius 3 is 1.93 bits per heavy atom. The molecule has 88 valence electrons. The molecule has 0 aliphatic carbocycles. The predicted molar refractivity (Wildman–Crippen MR) is 46.8 cm³/mol. The number of amides is 3. The lowest BCUT2D eigenvalue weighted by atomic mass is 10.2. The molecule has 15 heavy (non-hydrogen) atoms. The summed E-state index contributed by atoms with van der Waals surface area (Å²) in [6, 6.07) is -1.45. The largest absolute Gasteiger partial charge is 0.394 e. The molecule has 0 radical (unpaired) electrons. The van der Waals surface area contributed by atoms with E-state index >= 15 is 0 Å². The fraction of sp³-hybridized carbons (Fsp3) is 0.500. The van der Waals surface area contributed by atoms with Gasteiger partial charge in [-0.05, 0) is 0 Å². The van der Waals surface area contributed by atoms with Gasteiger partial charge in [0.05, 0.1) is 0 Å². The van der Waals surface area contributed by atoms with Gasteiger partial charge in [-0.1, -0.05) is 0 Å². The summed E-state index contributed by atoms with van der Waals surface area (Å²) >= 11 is 0. The van der Waals surface area contributed by atoms with Crippen LogP contribution < -0.4 is 22.1 Å². The van der Waals surface area contributed by atoms with Crippen molar-refractivity contribution in [2.24, 2.45) is 11.5 Å². The van der Waals surface area contributed by atoms with Crippen molar-refractivity contribution in [3.63, 3.8) is 0 Å². The third kappa shape index (κ3) is 6.75. The average molecular weight is 242 g/mol. The van der Waals surface area contributed by atoms with Crippen molar-refractivity contribution in [2.45, 2.75) is 12.2 Å². The van der Waals surface area contributed by atoms with Crippen molar-refractivity contribution in [3.05, 3.63) is 0 Å². The number of urea groups is 1. The second-order valence-electron chi connectivity index (χ2n) is 2.46. The Kier molecular flexibility index (Phi) is 4.57. The summed E-state index contributed by atoms with van der Waals surface area (Å²) in [6.45, 7) is 0. The van der Waals surface area contributed by atoms with Crippen molar-refractivity contribution in [2.75, 3.05) is 0 Å². The summed E-state index contributed by atoms with van der Waals surface area (Å²) in [4.78, 5) is 21.1. The molecule has 0 bridgehead atoms. The lowest BCUT2D eigenvalue weighted by Crippen LogP contribution is -2.67. The van der Waals surface area contributed by atoms with E-state index in [1.807, 2.05) is 5.32 Å². The number of carbonyl (C=O) groups is 2. The van der Waals surface area contributed by atoms with E-state index < -0.39 is 34.5 Å². The Morgan fingerprint density at radius 1 is 1.20 bits per heavy atom. The fourth-order valence-corrected chi connectivity index (χ4v) is 0.636. The first-order chi connectivity index (χ1) is 6.61. The van der Waals surface area contributed by atoms with Gasteiger partial charge in [-0.15, -0.1) is 0 Å². The molecule has 0 aromatic carbocycles. The van der Waals surface area contributed by atoms with Crippen LogP contribution in [-0.4, -0.2) is 41.7 Å². The van der Waals surface area contributed by atoms with Crippen LogP contribution in [0.3, 0.4) is 0 Å². The molecule has 1 rings (SSSR count). The first-order valence-corrected chi connectivity index (χ1v) is 4.83. The van der Waals surface area contributed by atoms with Crippen molar-refractivity contribution in [1.82, 2.24) is 10.6 Å². The molecule has 1 heterocycles. The molecule has 1 aliphatic rings. The van der Waals surface area contributed by atoms with E-state index in [1.54, 1.807) is 0 Å². The number of hydrogen-bond acceptors (Lipinski definition) is 6. The van der Waals surface area contributed by atoms with E-state index in [9.17, 15) is 9.59 Å². The second-order valence-corrected chi connectivity index (χ2v) is 3.36. The minimum absolute atomic E-state index is 0.545. The van der Waals surface area contributed by atoms with Gasteiger partial charge in [-0.25, -0.2) is 4.79 Å². The van der Waals surface area contributed by atoms with Gasteiger partial charge >= 0.3 is 16.4 Å². The second kappa shape index (κ2) is 4.99. The first-order valence-electron chi connectivity index (χ1n) is 3.43. The predicted octanol–water partition coefficient (Wildman–Crippen LogP) is -3.21. The highest BCUT2D eigenvalue weighted by atomic mass is 32.3. The number of carbonyl (C=O) groups excluding carboxylic acids is 2. The highest BCUT2D eigenvalue weighted by Crippen LogP contribution is 1.89. The van der Waals surface area contributed by atoms with Gasteiger partial charge in [0, 0.05) is 0 Å². The van der Waals surface area contributed by atoms with Crippen LogP contribution in [0.5, 0.6) is 0 Å². The van der Waals surface area contributed by atoms with Crippen LogP contribution >= 0.6 is 0 Å². The molecule has 1 aliphatic heterocycles. The lowest BCUT2D eigenvalue weighted by Gasteiger charge is -2.24. The van der Waals surface area contributed by atoms with Crippen molar-refractivity contribution in [3.8, 4) is 0 Å². The summed E-state index contributed by atoms with van der Waals surface area (Å²) in [6.07, 6.45) is -0.777. The van der Waals surface area contributed by atoms with E-state index in [0.717, 1.165) is 0 Å². The number of hydrogen-bond donors (Lipinski definition) is 6. The molecule has 1 fully saturated rings. The topological polar surface area (TPSA) is 185 Å².